The van der Waals surface area contributed by atoms with E-state index in [9.17, 15) is 9.59 Å². The molecule has 0 aromatic heterocycles. The molecule has 7 heteroatoms. The SMILES string of the molecule is C=CC.CC(C)(SC(=S)SC(C)(C)C(=O)[OH2+])C(=O)O. The van der Waals surface area contributed by atoms with Gasteiger partial charge < -0.3 is 10.2 Å². The van der Waals surface area contributed by atoms with Gasteiger partial charge in [-0.3, -0.25) is 4.79 Å². The van der Waals surface area contributed by atoms with Gasteiger partial charge in [0.2, 0.25) is 0 Å². The zero-order chi connectivity index (χ0) is 15.9. The Morgan fingerprint density at radius 3 is 1.79 bits per heavy atom. The number of aliphatic carboxylic acids is 1. The van der Waals surface area contributed by atoms with Crippen molar-refractivity contribution >= 4 is 51.2 Å². The molecule has 0 unspecified atom stereocenters. The van der Waals surface area contributed by atoms with Crippen LogP contribution in [0.25, 0.3) is 0 Å². The van der Waals surface area contributed by atoms with E-state index in [2.05, 4.69) is 6.58 Å². The average Bonchev–Trinajstić information content (AvgIpc) is 2.15. The van der Waals surface area contributed by atoms with Gasteiger partial charge in [-0.2, -0.15) is 0 Å². The van der Waals surface area contributed by atoms with Crippen molar-refractivity contribution < 1.29 is 19.8 Å². The third-order valence-electron chi connectivity index (χ3n) is 1.74. The maximum atomic E-state index is 11.0. The van der Waals surface area contributed by atoms with Gasteiger partial charge in [0, 0.05) is 4.79 Å². The highest BCUT2D eigenvalue weighted by atomic mass is 32.2. The van der Waals surface area contributed by atoms with E-state index in [0.717, 1.165) is 23.5 Å². The molecule has 0 fully saturated rings. The second-order valence-electron chi connectivity index (χ2n) is 4.52. The van der Waals surface area contributed by atoms with Gasteiger partial charge in [0.1, 0.15) is 8.28 Å². The fourth-order valence-electron chi connectivity index (χ4n) is 0.528. The van der Waals surface area contributed by atoms with E-state index >= 15 is 0 Å². The highest BCUT2D eigenvalue weighted by Crippen LogP contribution is 2.36. The molecule has 0 saturated carbocycles. The summed E-state index contributed by atoms with van der Waals surface area (Å²) in [6.07, 6.45) is 1.75. The van der Waals surface area contributed by atoms with Crippen molar-refractivity contribution in [2.75, 3.05) is 0 Å². The summed E-state index contributed by atoms with van der Waals surface area (Å²) in [6, 6.07) is 0. The number of carbonyl (C=O) groups is 2. The standard InChI is InChI=1S/C9H14O4S3.C3H6/c1-8(2,5(10)11)15-7(14)16-9(3,4)6(12)13;1-3-2/h1-4H3,(H,10,11)(H,12,13);3H,1H2,2H3/p+1. The largest absolute Gasteiger partial charge is 0.564 e. The zero-order valence-corrected chi connectivity index (χ0v) is 14.2. The van der Waals surface area contributed by atoms with Crippen molar-refractivity contribution in [3.63, 3.8) is 0 Å². The van der Waals surface area contributed by atoms with E-state index in [1.54, 1.807) is 33.8 Å². The highest BCUT2D eigenvalue weighted by molar-refractivity contribution is 8.48. The van der Waals surface area contributed by atoms with Crippen molar-refractivity contribution in [2.45, 2.75) is 44.1 Å². The molecular formula is C12H21O4S3+. The molecule has 0 amide bonds. The third kappa shape index (κ3) is 9.07. The number of thiocarbonyl (C=S) groups is 1. The Morgan fingerprint density at radius 2 is 1.53 bits per heavy atom. The van der Waals surface area contributed by atoms with E-state index in [1.165, 1.54) is 0 Å². The van der Waals surface area contributed by atoms with Gasteiger partial charge in [-0.25, -0.2) is 0 Å². The number of hydrogen-bond acceptors (Lipinski definition) is 5. The second-order valence-corrected chi connectivity index (χ2v) is 8.97. The summed E-state index contributed by atoms with van der Waals surface area (Å²) in [7, 11) is 0. The quantitative estimate of drug-likeness (QED) is 0.486. The Bertz CT molecular complexity index is 332. The minimum Gasteiger partial charge on any atom is -0.564 e. The maximum absolute atomic E-state index is 11.0. The molecule has 0 aliphatic heterocycles. The van der Waals surface area contributed by atoms with Crippen LogP contribution >= 0.6 is 35.7 Å². The molecule has 3 N–H and O–H groups in total. The second kappa shape index (κ2) is 8.60. The molecule has 0 bridgehead atoms. The van der Waals surface area contributed by atoms with Crippen molar-refractivity contribution in [3.05, 3.63) is 12.7 Å². The van der Waals surface area contributed by atoms with Crippen molar-refractivity contribution in [1.29, 1.82) is 0 Å². The summed E-state index contributed by atoms with van der Waals surface area (Å²) in [4.78, 5) is 21.8. The van der Waals surface area contributed by atoms with E-state index in [1.807, 2.05) is 6.92 Å². The molecule has 0 spiro atoms. The number of carboxylic acid groups (broad SMARTS) is 1. The lowest BCUT2D eigenvalue weighted by atomic mass is 10.2. The zero-order valence-electron chi connectivity index (χ0n) is 11.8. The number of carboxylic acids is 1. The number of thioether (sulfide) groups is 2. The summed E-state index contributed by atoms with van der Waals surface area (Å²) in [5.74, 6) is -1.69. The molecule has 0 atom stereocenters. The van der Waals surface area contributed by atoms with Crippen LogP contribution in [0.1, 0.15) is 34.6 Å². The normalized spacial score (nSPS) is 11.0. The Balaban J connectivity index is 0. The van der Waals surface area contributed by atoms with Gasteiger partial charge in [-0.05, 0) is 34.6 Å². The van der Waals surface area contributed by atoms with Gasteiger partial charge in [0.05, 0.1) is 0 Å². The van der Waals surface area contributed by atoms with Crippen LogP contribution in [0.3, 0.4) is 0 Å². The number of hydrogen-bond donors (Lipinski definition) is 1. The predicted molar refractivity (Wildman–Crippen MR) is 88.1 cm³/mol. The lowest BCUT2D eigenvalue weighted by molar-refractivity contribution is -0.139. The van der Waals surface area contributed by atoms with Crippen LogP contribution in [0.15, 0.2) is 12.7 Å². The molecule has 0 aliphatic carbocycles. The molecular weight excluding hydrogens is 304 g/mol. The minimum atomic E-state index is -1.02. The fraction of sp³-hybridized carbons (Fsp3) is 0.583. The number of rotatable bonds is 4. The first-order valence-corrected chi connectivity index (χ1v) is 7.43. The maximum Gasteiger partial charge on any atom is 0.532 e. The van der Waals surface area contributed by atoms with Gasteiger partial charge in [-0.15, -0.1) is 6.58 Å². The highest BCUT2D eigenvalue weighted by Gasteiger charge is 2.39. The van der Waals surface area contributed by atoms with Crippen molar-refractivity contribution in [2.24, 2.45) is 0 Å². The molecule has 4 nitrogen and oxygen atoms in total. The molecule has 19 heavy (non-hydrogen) atoms. The van der Waals surface area contributed by atoms with E-state index < -0.39 is 21.4 Å². The first-order valence-electron chi connectivity index (χ1n) is 5.39. The molecule has 0 rings (SSSR count). The number of carbonyl (C=O) groups excluding carboxylic acids is 1. The summed E-state index contributed by atoms with van der Waals surface area (Å²) in [6.45, 7) is 11.5. The molecule has 0 aliphatic rings. The van der Waals surface area contributed by atoms with E-state index in [4.69, 9.17) is 22.4 Å². The summed E-state index contributed by atoms with van der Waals surface area (Å²) < 4.78 is -1.60. The molecule has 0 heterocycles. The van der Waals surface area contributed by atoms with Gasteiger partial charge in [-0.1, -0.05) is 41.8 Å². The van der Waals surface area contributed by atoms with Crippen LogP contribution in [-0.4, -0.2) is 35.2 Å². The smallest absolute Gasteiger partial charge is 0.532 e. The fourth-order valence-corrected chi connectivity index (χ4v) is 4.21. The van der Waals surface area contributed by atoms with E-state index in [-0.39, 0.29) is 0 Å². The lowest BCUT2D eigenvalue weighted by Gasteiger charge is -2.21. The first-order chi connectivity index (χ1) is 8.40. The van der Waals surface area contributed by atoms with Gasteiger partial charge in [0.25, 0.3) is 0 Å². The van der Waals surface area contributed by atoms with Gasteiger partial charge >= 0.3 is 11.9 Å². The Morgan fingerprint density at radius 1 is 1.21 bits per heavy atom. The third-order valence-corrected chi connectivity index (χ3v) is 4.45. The predicted octanol–water partition coefficient (Wildman–Crippen LogP) is 2.82. The van der Waals surface area contributed by atoms with Crippen LogP contribution in [0.5, 0.6) is 0 Å². The Kier molecular flexibility index (Phi) is 9.41. The first kappa shape index (κ1) is 20.8. The molecule has 0 saturated heterocycles. The summed E-state index contributed by atoms with van der Waals surface area (Å²) in [5.41, 5.74) is 0. The molecule has 0 aromatic rings. The minimum absolute atomic E-state index is 0.359. The molecule has 110 valence electrons. The van der Waals surface area contributed by atoms with Crippen LogP contribution in [0.2, 0.25) is 0 Å². The lowest BCUT2D eigenvalue weighted by Crippen LogP contribution is -2.31. The van der Waals surface area contributed by atoms with E-state index in [0.29, 0.717) is 3.53 Å². The summed E-state index contributed by atoms with van der Waals surface area (Å²) in [5, 5.41) is 15.9. The van der Waals surface area contributed by atoms with Crippen LogP contribution in [0, 0.1) is 0 Å². The topological polar surface area (TPSA) is 77.3 Å². The van der Waals surface area contributed by atoms with Crippen LogP contribution in [-0.2, 0) is 9.59 Å². The van der Waals surface area contributed by atoms with Crippen molar-refractivity contribution in [1.82, 2.24) is 0 Å². The number of allylic oxidation sites excluding steroid dienone is 1. The summed E-state index contributed by atoms with van der Waals surface area (Å²) >= 11 is 7.08. The monoisotopic (exact) mass is 325 g/mol. The van der Waals surface area contributed by atoms with Crippen LogP contribution < -0.4 is 0 Å². The average molecular weight is 325 g/mol. The Labute approximate surface area is 128 Å². The Hall–Kier alpha value is -0.530. The molecule has 0 aromatic carbocycles. The van der Waals surface area contributed by atoms with Crippen LogP contribution in [0.4, 0.5) is 0 Å². The van der Waals surface area contributed by atoms with Crippen molar-refractivity contribution in [3.8, 4) is 0 Å². The van der Waals surface area contributed by atoms with Gasteiger partial charge in [0.15, 0.2) is 4.75 Å². The molecule has 0 radical (unpaired) electrons.